The van der Waals surface area contributed by atoms with Crippen LogP contribution in [0, 0.1) is 0 Å². The number of anilines is 1. The van der Waals surface area contributed by atoms with E-state index in [9.17, 15) is 4.79 Å². The molecule has 0 spiro atoms. The number of aromatic nitrogens is 1. The number of amides is 1. The summed E-state index contributed by atoms with van der Waals surface area (Å²) < 4.78 is 0. The molecule has 0 fully saturated rings. The average Bonchev–Trinajstić information content (AvgIpc) is 3.06. The quantitative estimate of drug-likeness (QED) is 0.419. The van der Waals surface area contributed by atoms with Gasteiger partial charge in [0.1, 0.15) is 0 Å². The molecule has 0 aliphatic heterocycles. The molecule has 0 saturated heterocycles. The van der Waals surface area contributed by atoms with Gasteiger partial charge in [-0.2, -0.15) is 0 Å². The second-order valence-electron chi connectivity index (χ2n) is 5.55. The van der Waals surface area contributed by atoms with E-state index in [1.807, 2.05) is 12.1 Å². The molecule has 2 aromatic carbocycles. The molecule has 1 N–H and O–H groups in total. The third kappa shape index (κ3) is 5.71. The summed E-state index contributed by atoms with van der Waals surface area (Å²) in [5.74, 6) is -0.304. The van der Waals surface area contributed by atoms with Crippen LogP contribution in [0.2, 0.25) is 20.1 Å². The first-order valence-corrected chi connectivity index (χ1v) is 10.1. The van der Waals surface area contributed by atoms with Crippen LogP contribution in [0.15, 0.2) is 48.7 Å². The van der Waals surface area contributed by atoms with E-state index < -0.39 is 0 Å². The van der Waals surface area contributed by atoms with Crippen molar-refractivity contribution in [3.63, 3.8) is 0 Å². The largest absolute Gasteiger partial charge is 0.298 e. The predicted octanol–water partition coefficient (Wildman–Crippen LogP) is 7.00. The summed E-state index contributed by atoms with van der Waals surface area (Å²) in [6.45, 7) is 0. The molecule has 138 valence electrons. The number of rotatable bonds is 5. The number of carbonyl (C=O) groups excluding carboxylic acids is 1. The van der Waals surface area contributed by atoms with E-state index in [1.54, 1.807) is 36.5 Å². The Balaban J connectivity index is 1.63. The summed E-state index contributed by atoms with van der Waals surface area (Å²) in [6.07, 6.45) is 5.37. The van der Waals surface area contributed by atoms with Gasteiger partial charge in [0.15, 0.2) is 5.13 Å². The van der Waals surface area contributed by atoms with E-state index in [0.717, 1.165) is 10.4 Å². The van der Waals surface area contributed by atoms with Crippen molar-refractivity contribution in [2.45, 2.75) is 6.42 Å². The van der Waals surface area contributed by atoms with E-state index in [2.05, 4.69) is 10.3 Å². The van der Waals surface area contributed by atoms with Crippen LogP contribution in [0.4, 0.5) is 5.13 Å². The van der Waals surface area contributed by atoms with E-state index >= 15 is 0 Å². The summed E-state index contributed by atoms with van der Waals surface area (Å²) in [5, 5.41) is 5.33. The van der Waals surface area contributed by atoms with Gasteiger partial charge in [-0.25, -0.2) is 4.98 Å². The Morgan fingerprint density at radius 2 is 1.81 bits per heavy atom. The van der Waals surface area contributed by atoms with Crippen LogP contribution in [0.5, 0.6) is 0 Å². The average molecular weight is 458 g/mol. The molecular weight excluding hydrogens is 446 g/mol. The van der Waals surface area contributed by atoms with E-state index in [1.165, 1.54) is 17.4 Å². The van der Waals surface area contributed by atoms with Gasteiger partial charge >= 0.3 is 0 Å². The van der Waals surface area contributed by atoms with Crippen molar-refractivity contribution in [3.8, 4) is 0 Å². The lowest BCUT2D eigenvalue weighted by Gasteiger charge is -2.01. The van der Waals surface area contributed by atoms with Crippen LogP contribution >= 0.6 is 57.7 Å². The maximum absolute atomic E-state index is 12.1. The van der Waals surface area contributed by atoms with Crippen molar-refractivity contribution in [1.82, 2.24) is 4.98 Å². The van der Waals surface area contributed by atoms with Gasteiger partial charge in [-0.3, -0.25) is 10.1 Å². The first kappa shape index (κ1) is 20.2. The fourth-order valence-corrected chi connectivity index (χ4v) is 3.78. The third-order valence-corrected chi connectivity index (χ3v) is 5.75. The zero-order valence-electron chi connectivity index (χ0n) is 13.7. The van der Waals surface area contributed by atoms with Gasteiger partial charge in [-0.05, 0) is 47.5 Å². The minimum Gasteiger partial charge on any atom is -0.298 e. The summed E-state index contributed by atoms with van der Waals surface area (Å²) >= 11 is 25.4. The highest BCUT2D eigenvalue weighted by atomic mass is 35.5. The van der Waals surface area contributed by atoms with Gasteiger partial charge < -0.3 is 0 Å². The number of halogens is 4. The Morgan fingerprint density at radius 1 is 1.04 bits per heavy atom. The third-order valence-electron chi connectivity index (χ3n) is 3.52. The van der Waals surface area contributed by atoms with Crippen molar-refractivity contribution >= 4 is 74.9 Å². The van der Waals surface area contributed by atoms with E-state index in [0.29, 0.717) is 37.2 Å². The van der Waals surface area contributed by atoms with Gasteiger partial charge in [0.05, 0.1) is 10.0 Å². The summed E-state index contributed by atoms with van der Waals surface area (Å²) in [7, 11) is 0. The van der Waals surface area contributed by atoms with Gasteiger partial charge in [-0.1, -0.05) is 52.5 Å². The lowest BCUT2D eigenvalue weighted by molar-refractivity contribution is -0.111. The standard InChI is InChI=1S/C19H12Cl4N2OS/c20-13-3-5-15(21)12(9-13)2-6-18(26)25-19-24-10-14(27-19)7-11-1-4-16(22)17(23)8-11/h1-6,8-10H,7H2,(H,24,25,26)/b6-2-. The SMILES string of the molecule is O=C(/C=C\c1cc(Cl)ccc1Cl)Nc1ncc(Cc2ccc(Cl)c(Cl)c2)s1. The number of nitrogens with zero attached hydrogens (tertiary/aromatic N) is 1. The molecule has 0 atom stereocenters. The smallest absolute Gasteiger partial charge is 0.250 e. The number of thiazole rings is 1. The molecule has 1 aromatic heterocycles. The van der Waals surface area contributed by atoms with E-state index in [-0.39, 0.29) is 5.91 Å². The number of benzene rings is 2. The minimum absolute atomic E-state index is 0.304. The Labute approximate surface area is 180 Å². The molecule has 0 unspecified atom stereocenters. The van der Waals surface area contributed by atoms with Crippen LogP contribution in [0.25, 0.3) is 6.08 Å². The number of hydrogen-bond acceptors (Lipinski definition) is 3. The molecule has 1 amide bonds. The Morgan fingerprint density at radius 3 is 2.59 bits per heavy atom. The molecule has 0 aliphatic carbocycles. The maximum atomic E-state index is 12.1. The molecule has 3 nitrogen and oxygen atoms in total. The highest BCUT2D eigenvalue weighted by Crippen LogP contribution is 2.26. The van der Waals surface area contributed by atoms with Crippen molar-refractivity contribution in [3.05, 3.63) is 84.8 Å². The van der Waals surface area contributed by atoms with Crippen molar-refractivity contribution in [2.75, 3.05) is 5.32 Å². The highest BCUT2D eigenvalue weighted by molar-refractivity contribution is 7.15. The molecule has 0 bridgehead atoms. The van der Waals surface area contributed by atoms with Gasteiger partial charge in [0.25, 0.3) is 0 Å². The molecule has 3 rings (SSSR count). The van der Waals surface area contributed by atoms with Crippen molar-refractivity contribution in [2.24, 2.45) is 0 Å². The van der Waals surface area contributed by atoms with Crippen LogP contribution in [-0.2, 0) is 11.2 Å². The maximum Gasteiger partial charge on any atom is 0.250 e. The monoisotopic (exact) mass is 456 g/mol. The van der Waals surface area contributed by atoms with Crippen LogP contribution in [0.1, 0.15) is 16.0 Å². The molecule has 8 heteroatoms. The molecule has 1 heterocycles. The predicted molar refractivity (Wildman–Crippen MR) is 116 cm³/mol. The molecule has 27 heavy (non-hydrogen) atoms. The fraction of sp³-hybridized carbons (Fsp3) is 0.0526. The zero-order valence-corrected chi connectivity index (χ0v) is 17.5. The Kier molecular flexibility index (Phi) is 6.79. The molecule has 3 aromatic rings. The molecular formula is C19H12Cl4N2OS. The molecule has 0 aliphatic rings. The molecule has 0 radical (unpaired) electrons. The second-order valence-corrected chi connectivity index (χ2v) is 8.32. The lowest BCUT2D eigenvalue weighted by atomic mass is 10.1. The number of carbonyl (C=O) groups is 1. The first-order chi connectivity index (χ1) is 12.9. The second kappa shape index (κ2) is 9.09. The van der Waals surface area contributed by atoms with Crippen LogP contribution < -0.4 is 5.32 Å². The zero-order chi connectivity index (χ0) is 19.4. The van der Waals surface area contributed by atoms with Gasteiger partial charge in [-0.15, -0.1) is 11.3 Å². The number of nitrogens with one attached hydrogen (secondary N) is 1. The highest BCUT2D eigenvalue weighted by Gasteiger charge is 2.07. The van der Waals surface area contributed by atoms with Gasteiger partial charge in [0.2, 0.25) is 5.91 Å². The van der Waals surface area contributed by atoms with Crippen molar-refractivity contribution in [1.29, 1.82) is 0 Å². The Hall–Kier alpha value is -1.56. The molecule has 0 saturated carbocycles. The first-order valence-electron chi connectivity index (χ1n) is 7.73. The normalized spacial score (nSPS) is 11.1. The lowest BCUT2D eigenvalue weighted by Crippen LogP contribution is -2.07. The van der Waals surface area contributed by atoms with Crippen molar-refractivity contribution < 1.29 is 4.79 Å². The Bertz CT molecular complexity index is 1020. The fourth-order valence-electron chi connectivity index (χ4n) is 2.25. The topological polar surface area (TPSA) is 42.0 Å². The minimum atomic E-state index is -0.304. The summed E-state index contributed by atoms with van der Waals surface area (Å²) in [6, 6.07) is 10.5. The van der Waals surface area contributed by atoms with E-state index in [4.69, 9.17) is 46.4 Å². The van der Waals surface area contributed by atoms with Crippen LogP contribution in [0.3, 0.4) is 0 Å². The number of hydrogen-bond donors (Lipinski definition) is 1. The van der Waals surface area contributed by atoms with Crippen LogP contribution in [-0.4, -0.2) is 10.9 Å². The summed E-state index contributed by atoms with van der Waals surface area (Å²) in [5.41, 5.74) is 1.68. The van der Waals surface area contributed by atoms with Gasteiger partial charge in [0, 0.05) is 33.6 Å². The summed E-state index contributed by atoms with van der Waals surface area (Å²) in [4.78, 5) is 17.3.